The number of para-hydroxylation sites is 1. The predicted molar refractivity (Wildman–Crippen MR) is 104 cm³/mol. The number of likely N-dealkylation sites (N-methyl/N-ethyl adjacent to an activating group) is 1. The molecule has 2 aromatic carbocycles. The number of aliphatic imine (C=N–C) groups is 1. The van der Waals surface area contributed by atoms with E-state index in [4.69, 9.17) is 9.26 Å². The normalized spacial score (nSPS) is 14.2. The molecule has 0 aliphatic rings. The van der Waals surface area contributed by atoms with Crippen LogP contribution in [0, 0.1) is 0 Å². The molecule has 0 amide bonds. The van der Waals surface area contributed by atoms with E-state index in [1.807, 2.05) is 6.07 Å². The fraction of sp³-hybridized carbons (Fsp3) is 0.263. The molecule has 0 aromatic heterocycles. The van der Waals surface area contributed by atoms with Crippen LogP contribution >= 0.6 is 7.52 Å². The van der Waals surface area contributed by atoms with Gasteiger partial charge in [0.2, 0.25) is 0 Å². The first-order chi connectivity index (χ1) is 12.9. The van der Waals surface area contributed by atoms with Crippen LogP contribution in [0.4, 0.5) is 0 Å². The van der Waals surface area contributed by atoms with Gasteiger partial charge in [-0.15, -0.1) is 0 Å². The predicted octanol–water partition coefficient (Wildman–Crippen LogP) is 3.86. The molecule has 2 rings (SSSR count). The number of benzene rings is 2. The molecule has 27 heavy (non-hydrogen) atoms. The summed E-state index contributed by atoms with van der Waals surface area (Å²) < 4.78 is 25.8. The van der Waals surface area contributed by atoms with Crippen molar-refractivity contribution in [1.82, 2.24) is 4.67 Å². The molecular weight excluding hydrogens is 367 g/mol. The highest BCUT2D eigenvalue weighted by Crippen LogP contribution is 2.53. The molecule has 8 heteroatoms. The van der Waals surface area contributed by atoms with Crippen LogP contribution in [-0.4, -0.2) is 42.4 Å². The number of carbonyl (C=O) groups is 1. The van der Waals surface area contributed by atoms with E-state index < -0.39 is 19.5 Å². The highest BCUT2D eigenvalue weighted by atomic mass is 31.2. The van der Waals surface area contributed by atoms with Crippen molar-refractivity contribution in [3.8, 4) is 11.5 Å². The lowest BCUT2D eigenvalue weighted by molar-refractivity contribution is -0.147. The zero-order chi connectivity index (χ0) is 19.9. The minimum atomic E-state index is -3.60. The van der Waals surface area contributed by atoms with Crippen LogP contribution in [0.15, 0.2) is 59.6 Å². The van der Waals surface area contributed by atoms with Gasteiger partial charge in [-0.25, -0.2) is 9.46 Å². The average molecular weight is 390 g/mol. The molecule has 0 heterocycles. The SMILES string of the molecule is C=NCP(=O)(Oc1ccccc1)N(C)C(C(=O)OCC)c1ccc(O)cc1. The van der Waals surface area contributed by atoms with Gasteiger partial charge in [0.1, 0.15) is 23.8 Å². The topological polar surface area (TPSA) is 88.4 Å². The van der Waals surface area contributed by atoms with Crippen LogP contribution in [-0.2, 0) is 14.1 Å². The summed E-state index contributed by atoms with van der Waals surface area (Å²) >= 11 is 0. The van der Waals surface area contributed by atoms with Gasteiger partial charge in [0.15, 0.2) is 0 Å². The monoisotopic (exact) mass is 390 g/mol. The maximum Gasteiger partial charge on any atom is 0.341 e. The summed E-state index contributed by atoms with van der Waals surface area (Å²) in [6.45, 7) is 5.28. The van der Waals surface area contributed by atoms with Crippen LogP contribution in [0.2, 0.25) is 0 Å². The van der Waals surface area contributed by atoms with E-state index in [9.17, 15) is 14.5 Å². The van der Waals surface area contributed by atoms with Crippen LogP contribution in [0.1, 0.15) is 18.5 Å². The van der Waals surface area contributed by atoms with E-state index in [-0.39, 0.29) is 18.6 Å². The first-order valence-corrected chi connectivity index (χ1v) is 10.1. The molecule has 0 saturated heterocycles. The van der Waals surface area contributed by atoms with Gasteiger partial charge in [-0.05, 0) is 50.5 Å². The van der Waals surface area contributed by atoms with Crippen molar-refractivity contribution in [1.29, 1.82) is 0 Å². The number of aromatic hydroxyl groups is 1. The van der Waals surface area contributed by atoms with Gasteiger partial charge in [-0.2, -0.15) is 0 Å². The third-order valence-corrected chi connectivity index (χ3v) is 6.09. The van der Waals surface area contributed by atoms with Gasteiger partial charge in [0, 0.05) is 0 Å². The van der Waals surface area contributed by atoms with Gasteiger partial charge >= 0.3 is 13.5 Å². The minimum Gasteiger partial charge on any atom is -0.508 e. The van der Waals surface area contributed by atoms with E-state index in [1.165, 1.54) is 23.9 Å². The van der Waals surface area contributed by atoms with Crippen LogP contribution in [0.25, 0.3) is 0 Å². The summed E-state index contributed by atoms with van der Waals surface area (Å²) in [5.74, 6) is -0.128. The molecule has 2 aromatic rings. The van der Waals surface area contributed by atoms with Crippen LogP contribution in [0.5, 0.6) is 11.5 Å². The Kier molecular flexibility index (Phi) is 7.16. The van der Waals surface area contributed by atoms with E-state index in [0.29, 0.717) is 11.3 Å². The zero-order valence-electron chi connectivity index (χ0n) is 15.3. The fourth-order valence-corrected chi connectivity index (χ4v) is 4.19. The van der Waals surface area contributed by atoms with Crippen molar-refractivity contribution < 1.29 is 23.7 Å². The number of esters is 1. The third-order valence-electron chi connectivity index (χ3n) is 3.84. The summed E-state index contributed by atoms with van der Waals surface area (Å²) in [6.07, 6.45) is -0.202. The van der Waals surface area contributed by atoms with Crippen LogP contribution in [0.3, 0.4) is 0 Å². The maximum absolute atomic E-state index is 13.6. The average Bonchev–Trinajstić information content (AvgIpc) is 2.64. The molecule has 0 aliphatic heterocycles. The van der Waals surface area contributed by atoms with E-state index >= 15 is 0 Å². The molecule has 144 valence electrons. The number of rotatable bonds is 9. The van der Waals surface area contributed by atoms with Crippen LogP contribution < -0.4 is 4.52 Å². The number of hydrogen-bond donors (Lipinski definition) is 1. The molecule has 0 fully saturated rings. The highest BCUT2D eigenvalue weighted by Gasteiger charge is 2.40. The summed E-state index contributed by atoms with van der Waals surface area (Å²) in [5.41, 5.74) is 0.509. The van der Waals surface area contributed by atoms with Gasteiger partial charge < -0.3 is 14.4 Å². The number of nitrogens with zero attached hydrogens (tertiary/aromatic N) is 2. The first-order valence-electron chi connectivity index (χ1n) is 8.36. The lowest BCUT2D eigenvalue weighted by Crippen LogP contribution is -2.32. The summed E-state index contributed by atoms with van der Waals surface area (Å²) in [7, 11) is -2.09. The number of ether oxygens (including phenoxy) is 1. The molecule has 0 spiro atoms. The number of carbonyl (C=O) groups excluding carboxylic acids is 1. The van der Waals surface area contributed by atoms with E-state index in [2.05, 4.69) is 11.7 Å². The summed E-state index contributed by atoms with van der Waals surface area (Å²) in [5, 5.41) is 9.53. The standard InChI is InChI=1S/C19H23N2O5P/c1-4-25-19(23)18(15-10-12-16(22)13-11-15)21(3)27(24,14-20-2)26-17-8-6-5-7-9-17/h5-13,18,22H,2,4,14H2,1,3H3. The Morgan fingerprint density at radius 3 is 2.41 bits per heavy atom. The Labute approximate surface area is 158 Å². The van der Waals surface area contributed by atoms with Gasteiger partial charge in [0.05, 0.1) is 6.61 Å². The second kappa shape index (κ2) is 9.35. The Balaban J connectivity index is 2.43. The fourth-order valence-electron chi connectivity index (χ4n) is 2.52. The van der Waals surface area contributed by atoms with Gasteiger partial charge in [-0.1, -0.05) is 30.3 Å². The molecular formula is C19H23N2O5P. The van der Waals surface area contributed by atoms with Gasteiger partial charge in [-0.3, -0.25) is 9.56 Å². The lowest BCUT2D eigenvalue weighted by Gasteiger charge is -2.32. The van der Waals surface area contributed by atoms with Crippen molar-refractivity contribution >= 4 is 20.2 Å². The Morgan fingerprint density at radius 1 is 1.22 bits per heavy atom. The van der Waals surface area contributed by atoms with Crippen molar-refractivity contribution in [2.45, 2.75) is 13.0 Å². The first kappa shape index (κ1) is 20.7. The number of phenolic OH excluding ortho intramolecular Hbond substituents is 1. The zero-order valence-corrected chi connectivity index (χ0v) is 16.2. The Hall–Kier alpha value is -2.63. The summed E-state index contributed by atoms with van der Waals surface area (Å²) in [6, 6.07) is 13.7. The molecule has 2 unspecified atom stereocenters. The number of phenols is 1. The van der Waals surface area contributed by atoms with Crippen molar-refractivity contribution in [3.05, 3.63) is 60.2 Å². The summed E-state index contributed by atoms with van der Waals surface area (Å²) in [4.78, 5) is 16.4. The second-order valence-corrected chi connectivity index (χ2v) is 8.10. The molecule has 2 atom stereocenters. The van der Waals surface area contributed by atoms with Crippen molar-refractivity contribution in [2.24, 2.45) is 4.99 Å². The Morgan fingerprint density at radius 2 is 1.85 bits per heavy atom. The lowest BCUT2D eigenvalue weighted by atomic mass is 10.1. The van der Waals surface area contributed by atoms with E-state index in [1.54, 1.807) is 43.3 Å². The minimum absolute atomic E-state index is 0.0560. The highest BCUT2D eigenvalue weighted by molar-refractivity contribution is 7.56. The third kappa shape index (κ3) is 5.18. The maximum atomic E-state index is 13.6. The Bertz CT molecular complexity index is 811. The largest absolute Gasteiger partial charge is 0.508 e. The molecule has 0 radical (unpaired) electrons. The van der Waals surface area contributed by atoms with Gasteiger partial charge in [0.25, 0.3) is 0 Å². The molecule has 1 N–H and O–H groups in total. The molecule has 0 aliphatic carbocycles. The van der Waals surface area contributed by atoms with Crippen molar-refractivity contribution in [3.63, 3.8) is 0 Å². The van der Waals surface area contributed by atoms with E-state index in [0.717, 1.165) is 0 Å². The smallest absolute Gasteiger partial charge is 0.341 e. The second-order valence-electron chi connectivity index (χ2n) is 5.73. The van der Waals surface area contributed by atoms with Crippen molar-refractivity contribution in [2.75, 3.05) is 19.9 Å². The molecule has 0 saturated carbocycles. The molecule has 7 nitrogen and oxygen atoms in total. The quantitative estimate of drug-likeness (QED) is 0.397. The number of hydrogen-bond acceptors (Lipinski definition) is 6. The molecule has 0 bridgehead atoms.